The van der Waals surface area contributed by atoms with Crippen LogP contribution in [0, 0.1) is 6.92 Å². The first-order chi connectivity index (χ1) is 13.0. The van der Waals surface area contributed by atoms with E-state index in [1.807, 2.05) is 48.5 Å². The topological polar surface area (TPSA) is 92.4 Å². The summed E-state index contributed by atoms with van der Waals surface area (Å²) in [6, 6.07) is 15.7. The normalized spacial score (nSPS) is 14.6. The molecule has 2 N–H and O–H groups in total. The van der Waals surface area contributed by atoms with Crippen LogP contribution in [0.3, 0.4) is 0 Å². The lowest BCUT2D eigenvalue weighted by Gasteiger charge is -2.09. The van der Waals surface area contributed by atoms with Crippen molar-refractivity contribution in [2.75, 3.05) is 5.32 Å². The standard InChI is InChI=1S/C21H18N2O4/c1-13-18(22-20(25)26)19(23-27-13)16-4-2-14(3-5-16)15-6-8-17(9-7-15)21(12-24)10-11-21/h2-9,12,22H,10-11H2,1H3,(H,25,26). The van der Waals surface area contributed by atoms with Gasteiger partial charge in [0.15, 0.2) is 5.76 Å². The van der Waals surface area contributed by atoms with Crippen molar-refractivity contribution in [3.8, 4) is 22.4 Å². The number of aryl methyl sites for hydroxylation is 1. The highest BCUT2D eigenvalue weighted by atomic mass is 16.5. The van der Waals surface area contributed by atoms with E-state index in [0.29, 0.717) is 17.1 Å². The Morgan fingerprint density at radius 2 is 1.63 bits per heavy atom. The monoisotopic (exact) mass is 362 g/mol. The van der Waals surface area contributed by atoms with Crippen molar-refractivity contribution in [1.29, 1.82) is 0 Å². The molecule has 1 aliphatic carbocycles. The summed E-state index contributed by atoms with van der Waals surface area (Å²) >= 11 is 0. The highest BCUT2D eigenvalue weighted by molar-refractivity contribution is 5.90. The summed E-state index contributed by atoms with van der Waals surface area (Å²) in [5.74, 6) is 0.413. The van der Waals surface area contributed by atoms with Gasteiger partial charge < -0.3 is 14.4 Å². The number of carbonyl (C=O) groups is 2. The van der Waals surface area contributed by atoms with E-state index in [2.05, 4.69) is 10.5 Å². The smallest absolute Gasteiger partial charge is 0.409 e. The Morgan fingerprint density at radius 1 is 1.07 bits per heavy atom. The molecule has 0 bridgehead atoms. The zero-order valence-corrected chi connectivity index (χ0v) is 14.7. The van der Waals surface area contributed by atoms with Gasteiger partial charge in [-0.2, -0.15) is 0 Å². The molecule has 0 radical (unpaired) electrons. The number of aldehydes is 1. The molecule has 1 aliphatic rings. The van der Waals surface area contributed by atoms with E-state index < -0.39 is 6.09 Å². The highest BCUT2D eigenvalue weighted by Gasteiger charge is 2.44. The number of amides is 1. The summed E-state index contributed by atoms with van der Waals surface area (Å²) in [4.78, 5) is 22.2. The van der Waals surface area contributed by atoms with Crippen molar-refractivity contribution < 1.29 is 19.2 Å². The van der Waals surface area contributed by atoms with Gasteiger partial charge in [-0.05, 0) is 36.5 Å². The third-order valence-electron chi connectivity index (χ3n) is 5.06. The van der Waals surface area contributed by atoms with Gasteiger partial charge in [0.05, 0.1) is 5.41 Å². The Labute approximate surface area is 155 Å². The van der Waals surface area contributed by atoms with Gasteiger partial charge in [-0.3, -0.25) is 5.32 Å². The number of nitrogens with zero attached hydrogens (tertiary/aromatic N) is 1. The summed E-state index contributed by atoms with van der Waals surface area (Å²) in [7, 11) is 0. The number of aromatic nitrogens is 1. The molecule has 1 amide bonds. The summed E-state index contributed by atoms with van der Waals surface area (Å²) in [6.45, 7) is 1.66. The van der Waals surface area contributed by atoms with Crippen LogP contribution < -0.4 is 5.32 Å². The summed E-state index contributed by atoms with van der Waals surface area (Å²) in [5, 5.41) is 15.3. The first-order valence-corrected chi connectivity index (χ1v) is 8.66. The van der Waals surface area contributed by atoms with Gasteiger partial charge in [0.1, 0.15) is 17.7 Å². The molecule has 136 valence electrons. The molecule has 6 heteroatoms. The Hall–Kier alpha value is -3.41. The van der Waals surface area contributed by atoms with Crippen molar-refractivity contribution in [2.45, 2.75) is 25.2 Å². The van der Waals surface area contributed by atoms with E-state index in [-0.39, 0.29) is 5.41 Å². The third kappa shape index (κ3) is 3.10. The maximum absolute atomic E-state index is 11.3. The summed E-state index contributed by atoms with van der Waals surface area (Å²) in [6.07, 6.45) is 1.74. The SMILES string of the molecule is Cc1onc(-c2ccc(-c3ccc(C4(C=O)CC4)cc3)cc2)c1NC(=O)O. The Morgan fingerprint density at radius 3 is 2.15 bits per heavy atom. The highest BCUT2D eigenvalue weighted by Crippen LogP contribution is 2.46. The van der Waals surface area contributed by atoms with E-state index in [0.717, 1.165) is 41.4 Å². The van der Waals surface area contributed by atoms with Crippen LogP contribution in [0.4, 0.5) is 10.5 Å². The van der Waals surface area contributed by atoms with E-state index in [1.165, 1.54) is 0 Å². The van der Waals surface area contributed by atoms with Crippen LogP contribution in [0.15, 0.2) is 53.1 Å². The molecular formula is C21H18N2O4. The lowest BCUT2D eigenvalue weighted by atomic mass is 9.94. The molecule has 1 heterocycles. The second kappa shape index (κ2) is 6.39. The van der Waals surface area contributed by atoms with Crippen LogP contribution in [0.5, 0.6) is 0 Å². The maximum atomic E-state index is 11.3. The lowest BCUT2D eigenvalue weighted by Crippen LogP contribution is -2.08. The molecule has 27 heavy (non-hydrogen) atoms. The molecule has 2 aromatic carbocycles. The molecule has 6 nitrogen and oxygen atoms in total. The van der Waals surface area contributed by atoms with Gasteiger partial charge >= 0.3 is 6.09 Å². The van der Waals surface area contributed by atoms with Gasteiger partial charge in [0.2, 0.25) is 0 Å². The molecule has 4 rings (SSSR count). The maximum Gasteiger partial charge on any atom is 0.409 e. The minimum atomic E-state index is -1.16. The quantitative estimate of drug-likeness (QED) is 0.645. The van der Waals surface area contributed by atoms with Crippen LogP contribution in [0.2, 0.25) is 0 Å². The van der Waals surface area contributed by atoms with Gasteiger partial charge in [0, 0.05) is 5.56 Å². The second-order valence-corrected chi connectivity index (χ2v) is 6.82. The molecule has 1 saturated carbocycles. The van der Waals surface area contributed by atoms with E-state index >= 15 is 0 Å². The van der Waals surface area contributed by atoms with Crippen LogP contribution in [0.25, 0.3) is 22.4 Å². The number of nitrogens with one attached hydrogen (secondary N) is 1. The number of hydrogen-bond acceptors (Lipinski definition) is 4. The average Bonchev–Trinajstić information content (AvgIpc) is 3.41. The third-order valence-corrected chi connectivity index (χ3v) is 5.06. The molecule has 0 saturated heterocycles. The Balaban J connectivity index is 1.60. The largest absolute Gasteiger partial charge is 0.465 e. The number of carbonyl (C=O) groups excluding carboxylic acids is 1. The predicted molar refractivity (Wildman–Crippen MR) is 101 cm³/mol. The van der Waals surface area contributed by atoms with Gasteiger partial charge in [0.25, 0.3) is 0 Å². The molecule has 0 atom stereocenters. The first-order valence-electron chi connectivity index (χ1n) is 8.66. The molecule has 3 aromatic rings. The van der Waals surface area contributed by atoms with Crippen LogP contribution in [-0.2, 0) is 10.2 Å². The average molecular weight is 362 g/mol. The number of rotatable bonds is 5. The summed E-state index contributed by atoms with van der Waals surface area (Å²) in [5.41, 5.74) is 4.44. The van der Waals surface area contributed by atoms with E-state index in [4.69, 9.17) is 9.63 Å². The fraction of sp³-hybridized carbons (Fsp3) is 0.190. The van der Waals surface area contributed by atoms with Crippen molar-refractivity contribution in [1.82, 2.24) is 5.16 Å². The fourth-order valence-electron chi connectivity index (χ4n) is 3.25. The zero-order chi connectivity index (χ0) is 19.0. The van der Waals surface area contributed by atoms with Crippen LogP contribution in [-0.4, -0.2) is 22.6 Å². The predicted octanol–water partition coefficient (Wildman–Crippen LogP) is 4.64. The molecule has 0 aliphatic heterocycles. The molecular weight excluding hydrogens is 344 g/mol. The molecule has 1 fully saturated rings. The number of carboxylic acid groups (broad SMARTS) is 1. The van der Waals surface area contributed by atoms with E-state index in [1.54, 1.807) is 6.92 Å². The van der Waals surface area contributed by atoms with Crippen molar-refractivity contribution in [2.24, 2.45) is 0 Å². The number of benzene rings is 2. The Bertz CT molecular complexity index is 1000. The van der Waals surface area contributed by atoms with Crippen LogP contribution in [0.1, 0.15) is 24.2 Å². The second-order valence-electron chi connectivity index (χ2n) is 6.82. The van der Waals surface area contributed by atoms with Crippen LogP contribution >= 0.6 is 0 Å². The van der Waals surface area contributed by atoms with Gasteiger partial charge in [-0.1, -0.05) is 53.7 Å². The van der Waals surface area contributed by atoms with Crippen molar-refractivity contribution >= 4 is 18.1 Å². The molecule has 0 spiro atoms. The lowest BCUT2D eigenvalue weighted by molar-refractivity contribution is -0.109. The zero-order valence-electron chi connectivity index (χ0n) is 14.7. The Kier molecular flexibility index (Phi) is 4.03. The van der Waals surface area contributed by atoms with Gasteiger partial charge in [-0.15, -0.1) is 0 Å². The van der Waals surface area contributed by atoms with Gasteiger partial charge in [-0.25, -0.2) is 4.79 Å². The minimum absolute atomic E-state index is 0.263. The summed E-state index contributed by atoms with van der Waals surface area (Å²) < 4.78 is 5.12. The minimum Gasteiger partial charge on any atom is -0.465 e. The first kappa shape index (κ1) is 17.0. The van der Waals surface area contributed by atoms with E-state index in [9.17, 15) is 9.59 Å². The van der Waals surface area contributed by atoms with Crippen molar-refractivity contribution in [3.05, 3.63) is 59.9 Å². The molecule has 1 aromatic heterocycles. The number of anilines is 1. The fourth-order valence-corrected chi connectivity index (χ4v) is 3.25. The molecule has 0 unspecified atom stereocenters. The number of hydrogen-bond donors (Lipinski definition) is 2. The van der Waals surface area contributed by atoms with Crippen molar-refractivity contribution in [3.63, 3.8) is 0 Å².